The van der Waals surface area contributed by atoms with Crippen molar-refractivity contribution in [1.29, 1.82) is 0 Å². The summed E-state index contributed by atoms with van der Waals surface area (Å²) in [5.41, 5.74) is 6.70. The molecule has 1 amide bonds. The highest BCUT2D eigenvalue weighted by Gasteiger charge is 2.41. The molecule has 0 bridgehead atoms. The molecule has 102 valence electrons. The number of sulfonamides is 1. The topological polar surface area (TPSA) is 93.4 Å². The predicted molar refractivity (Wildman–Crippen MR) is 72.2 cm³/mol. The van der Waals surface area contributed by atoms with E-state index in [1.54, 1.807) is 18.3 Å². The number of rotatable bonds is 2. The van der Waals surface area contributed by atoms with Crippen LogP contribution in [0.4, 0.5) is 5.69 Å². The molecule has 3 rings (SSSR count). The van der Waals surface area contributed by atoms with E-state index in [-0.39, 0.29) is 17.0 Å². The molecule has 0 spiro atoms. The number of carbonyl (C=O) groups is 1. The van der Waals surface area contributed by atoms with Gasteiger partial charge in [0, 0.05) is 18.1 Å². The lowest BCUT2D eigenvalue weighted by Gasteiger charge is -2.14. The van der Waals surface area contributed by atoms with E-state index in [9.17, 15) is 13.2 Å². The average molecular weight is 289 g/mol. The molecule has 2 N–H and O–H groups in total. The molecule has 0 saturated heterocycles. The Balaban J connectivity index is 2.06. The van der Waals surface area contributed by atoms with E-state index in [2.05, 4.69) is 4.98 Å². The number of carbonyl (C=O) groups excluding carboxylic acids is 1. The Morgan fingerprint density at radius 2 is 2.05 bits per heavy atom. The van der Waals surface area contributed by atoms with Crippen LogP contribution < -0.4 is 5.73 Å². The second kappa shape index (κ2) is 4.31. The first-order valence-electron chi connectivity index (χ1n) is 5.85. The van der Waals surface area contributed by atoms with E-state index in [4.69, 9.17) is 5.73 Å². The maximum absolute atomic E-state index is 12.4. The first-order chi connectivity index (χ1) is 9.50. The van der Waals surface area contributed by atoms with Crippen molar-refractivity contribution in [2.75, 3.05) is 5.73 Å². The highest BCUT2D eigenvalue weighted by molar-refractivity contribution is 7.90. The summed E-state index contributed by atoms with van der Waals surface area (Å²) in [6, 6.07) is 7.67. The maximum Gasteiger partial charge on any atom is 0.269 e. The number of pyridine rings is 1. The van der Waals surface area contributed by atoms with Gasteiger partial charge in [0.2, 0.25) is 0 Å². The van der Waals surface area contributed by atoms with Gasteiger partial charge in [-0.1, -0.05) is 6.07 Å². The molecule has 1 aromatic heterocycles. The number of nitrogens with two attached hydrogens (primary N) is 1. The third kappa shape index (κ3) is 1.83. The van der Waals surface area contributed by atoms with Crippen molar-refractivity contribution in [3.8, 4) is 0 Å². The van der Waals surface area contributed by atoms with Gasteiger partial charge in [0.25, 0.3) is 15.9 Å². The van der Waals surface area contributed by atoms with Crippen LogP contribution in [-0.2, 0) is 16.6 Å². The molecule has 0 radical (unpaired) electrons. The number of amides is 1. The van der Waals surface area contributed by atoms with Gasteiger partial charge in [-0.3, -0.25) is 9.78 Å². The first-order valence-corrected chi connectivity index (χ1v) is 7.29. The molecular formula is C13H11N3O3S. The van der Waals surface area contributed by atoms with Crippen LogP contribution in [-0.4, -0.2) is 23.6 Å². The zero-order valence-electron chi connectivity index (χ0n) is 10.4. The molecule has 0 saturated carbocycles. The summed E-state index contributed by atoms with van der Waals surface area (Å²) in [5.74, 6) is -0.538. The number of anilines is 1. The van der Waals surface area contributed by atoms with Crippen molar-refractivity contribution in [3.63, 3.8) is 0 Å². The molecule has 1 aromatic carbocycles. The van der Waals surface area contributed by atoms with E-state index in [1.807, 2.05) is 0 Å². The Bertz CT molecular complexity index is 788. The fourth-order valence-corrected chi connectivity index (χ4v) is 3.70. The molecule has 1 aliphatic heterocycles. The Morgan fingerprint density at radius 1 is 1.25 bits per heavy atom. The molecule has 2 aromatic rings. The van der Waals surface area contributed by atoms with Crippen molar-refractivity contribution >= 4 is 21.6 Å². The zero-order valence-corrected chi connectivity index (χ0v) is 11.2. The average Bonchev–Trinajstić information content (AvgIpc) is 2.61. The minimum absolute atomic E-state index is 0.0357. The minimum atomic E-state index is -3.84. The van der Waals surface area contributed by atoms with Crippen LogP contribution in [0.1, 0.15) is 15.9 Å². The van der Waals surface area contributed by atoms with Gasteiger partial charge in [-0.25, -0.2) is 12.7 Å². The summed E-state index contributed by atoms with van der Waals surface area (Å²) in [5, 5.41) is 0. The van der Waals surface area contributed by atoms with E-state index < -0.39 is 15.9 Å². The number of aromatic nitrogens is 1. The van der Waals surface area contributed by atoms with Gasteiger partial charge in [0.15, 0.2) is 0 Å². The Labute approximate surface area is 115 Å². The summed E-state index contributed by atoms with van der Waals surface area (Å²) in [6.07, 6.45) is 3.11. The molecule has 2 heterocycles. The van der Waals surface area contributed by atoms with E-state index in [0.717, 1.165) is 4.31 Å². The number of benzene rings is 1. The monoisotopic (exact) mass is 289 g/mol. The lowest BCUT2D eigenvalue weighted by atomic mass is 10.2. The molecule has 6 nitrogen and oxygen atoms in total. The van der Waals surface area contributed by atoms with Crippen LogP contribution in [0.2, 0.25) is 0 Å². The Morgan fingerprint density at radius 3 is 2.75 bits per heavy atom. The van der Waals surface area contributed by atoms with Gasteiger partial charge in [-0.15, -0.1) is 0 Å². The zero-order chi connectivity index (χ0) is 14.3. The summed E-state index contributed by atoms with van der Waals surface area (Å²) < 4.78 is 25.6. The molecular weight excluding hydrogens is 278 g/mol. The molecule has 1 aliphatic rings. The quantitative estimate of drug-likeness (QED) is 0.833. The molecule has 0 unspecified atom stereocenters. The van der Waals surface area contributed by atoms with Gasteiger partial charge in [0.05, 0.1) is 12.1 Å². The van der Waals surface area contributed by atoms with Crippen molar-refractivity contribution in [3.05, 3.63) is 53.9 Å². The van der Waals surface area contributed by atoms with Crippen LogP contribution in [0.3, 0.4) is 0 Å². The molecule has 20 heavy (non-hydrogen) atoms. The SMILES string of the molecule is Nc1ccc2c(c1)S(=O)(=O)N(Cc1cccnc1)C2=O. The van der Waals surface area contributed by atoms with Crippen molar-refractivity contribution < 1.29 is 13.2 Å². The highest BCUT2D eigenvalue weighted by Crippen LogP contribution is 2.32. The molecule has 0 aliphatic carbocycles. The van der Waals surface area contributed by atoms with Gasteiger partial charge in [-0.05, 0) is 29.8 Å². The summed E-state index contributed by atoms with van der Waals surface area (Å²) in [4.78, 5) is 16.1. The molecule has 0 atom stereocenters. The number of hydrogen-bond donors (Lipinski definition) is 1. The van der Waals surface area contributed by atoms with Crippen LogP contribution in [0.15, 0.2) is 47.6 Å². The second-order valence-electron chi connectivity index (χ2n) is 4.43. The fraction of sp³-hybridized carbons (Fsp3) is 0.0769. The van der Waals surface area contributed by atoms with Crippen molar-refractivity contribution in [2.24, 2.45) is 0 Å². The van der Waals surface area contributed by atoms with E-state index in [0.29, 0.717) is 11.3 Å². The van der Waals surface area contributed by atoms with Crippen LogP contribution >= 0.6 is 0 Å². The third-order valence-corrected chi connectivity index (χ3v) is 4.85. The lowest BCUT2D eigenvalue weighted by Crippen LogP contribution is -2.29. The Hall–Kier alpha value is -2.41. The van der Waals surface area contributed by atoms with Gasteiger partial charge >= 0.3 is 0 Å². The van der Waals surface area contributed by atoms with Crippen LogP contribution in [0.5, 0.6) is 0 Å². The molecule has 7 heteroatoms. The van der Waals surface area contributed by atoms with Crippen LogP contribution in [0.25, 0.3) is 0 Å². The van der Waals surface area contributed by atoms with Gasteiger partial charge in [0.1, 0.15) is 4.90 Å². The fourth-order valence-electron chi connectivity index (χ4n) is 2.11. The smallest absolute Gasteiger partial charge is 0.269 e. The highest BCUT2D eigenvalue weighted by atomic mass is 32.2. The van der Waals surface area contributed by atoms with Crippen molar-refractivity contribution in [2.45, 2.75) is 11.4 Å². The van der Waals surface area contributed by atoms with E-state index >= 15 is 0 Å². The summed E-state index contributed by atoms with van der Waals surface area (Å²) >= 11 is 0. The number of nitrogens with zero attached hydrogens (tertiary/aromatic N) is 2. The van der Waals surface area contributed by atoms with Crippen molar-refractivity contribution in [1.82, 2.24) is 9.29 Å². The van der Waals surface area contributed by atoms with Crippen LogP contribution in [0, 0.1) is 0 Å². The van der Waals surface area contributed by atoms with Gasteiger partial charge < -0.3 is 5.73 Å². The second-order valence-corrected chi connectivity index (χ2v) is 6.26. The maximum atomic E-state index is 12.4. The number of fused-ring (bicyclic) bond motifs is 1. The lowest BCUT2D eigenvalue weighted by molar-refractivity contribution is 0.0865. The largest absolute Gasteiger partial charge is 0.399 e. The minimum Gasteiger partial charge on any atom is -0.399 e. The molecule has 0 fully saturated rings. The predicted octanol–water partition coefficient (Wildman–Crippen LogP) is 1.01. The van der Waals surface area contributed by atoms with Gasteiger partial charge in [-0.2, -0.15) is 0 Å². The normalized spacial score (nSPS) is 16.2. The third-order valence-electron chi connectivity index (χ3n) is 3.08. The number of nitrogen functional groups attached to an aromatic ring is 1. The summed E-state index contributed by atoms with van der Waals surface area (Å²) in [7, 11) is -3.84. The number of hydrogen-bond acceptors (Lipinski definition) is 5. The standard InChI is InChI=1S/C13H11N3O3S/c14-10-3-4-11-12(6-10)20(18,19)16(13(11)17)8-9-2-1-5-15-7-9/h1-7H,8,14H2. The summed E-state index contributed by atoms with van der Waals surface area (Å²) in [6.45, 7) is -0.0381. The first kappa shape index (κ1) is 12.6. The van der Waals surface area contributed by atoms with E-state index in [1.165, 1.54) is 24.4 Å². The Kier molecular flexibility index (Phi) is 2.72.